The molecule has 4 heterocycles. The molecular formula is C43H49N5O5S. The summed E-state index contributed by atoms with van der Waals surface area (Å²) in [5.74, 6) is 1.65. The number of pyridine rings is 1. The molecule has 3 aromatic carbocycles. The molecule has 2 aliphatic rings. The first-order valence-corrected chi connectivity index (χ1v) is 19.7. The van der Waals surface area contributed by atoms with Gasteiger partial charge in [0.2, 0.25) is 0 Å². The van der Waals surface area contributed by atoms with Gasteiger partial charge in [-0.1, -0.05) is 62.4 Å². The van der Waals surface area contributed by atoms with E-state index in [2.05, 4.69) is 41.0 Å². The van der Waals surface area contributed by atoms with Crippen LogP contribution in [0.3, 0.4) is 0 Å². The predicted molar refractivity (Wildman–Crippen MR) is 214 cm³/mol. The number of aryl methyl sites for hydroxylation is 1. The largest absolute Gasteiger partial charge is 0.494 e. The number of carboxylic acid groups (broad SMARTS) is 1. The number of amides is 1. The number of nitrogens with one attached hydrogen (secondary N) is 1. The second kappa shape index (κ2) is 16.6. The van der Waals surface area contributed by atoms with Gasteiger partial charge in [0, 0.05) is 31.7 Å². The summed E-state index contributed by atoms with van der Waals surface area (Å²) in [6.45, 7) is 12.4. The molecule has 1 fully saturated rings. The van der Waals surface area contributed by atoms with Crippen molar-refractivity contribution < 1.29 is 24.2 Å². The van der Waals surface area contributed by atoms with E-state index in [-0.39, 0.29) is 11.6 Å². The number of anilines is 2. The maximum atomic E-state index is 13.5. The fourth-order valence-corrected chi connectivity index (χ4v) is 8.51. The van der Waals surface area contributed by atoms with Gasteiger partial charge in [-0.25, -0.2) is 14.8 Å². The second-order valence-electron chi connectivity index (χ2n) is 15.5. The molecule has 0 radical (unpaired) electrons. The zero-order chi connectivity index (χ0) is 37.7. The Kier molecular flexibility index (Phi) is 11.5. The first-order chi connectivity index (χ1) is 26.1. The van der Waals surface area contributed by atoms with Crippen molar-refractivity contribution in [2.24, 2.45) is 11.3 Å². The van der Waals surface area contributed by atoms with E-state index < -0.39 is 5.97 Å². The fraction of sp³-hybridized carbons (Fsp3) is 0.395. The number of carbonyl (C=O) groups is 2. The lowest BCUT2D eigenvalue weighted by Crippen LogP contribution is -2.33. The van der Waals surface area contributed by atoms with Crippen LogP contribution < -0.4 is 19.7 Å². The number of hydrogen-bond acceptors (Lipinski definition) is 9. The molecule has 2 aliphatic heterocycles. The van der Waals surface area contributed by atoms with Crippen LogP contribution in [0.5, 0.6) is 11.5 Å². The van der Waals surface area contributed by atoms with E-state index in [0.29, 0.717) is 73.1 Å². The van der Waals surface area contributed by atoms with Crippen LogP contribution in [0.15, 0.2) is 78.9 Å². The molecule has 0 aliphatic carbocycles. The van der Waals surface area contributed by atoms with Crippen molar-refractivity contribution in [2.75, 3.05) is 49.6 Å². The van der Waals surface area contributed by atoms with Crippen LogP contribution in [0.25, 0.3) is 10.2 Å². The minimum Gasteiger partial charge on any atom is -0.494 e. The van der Waals surface area contributed by atoms with Gasteiger partial charge in [0.25, 0.3) is 5.91 Å². The Hall–Kier alpha value is -5.00. The Morgan fingerprint density at radius 1 is 0.926 bits per heavy atom. The Bertz CT molecular complexity index is 2060. The van der Waals surface area contributed by atoms with E-state index in [4.69, 9.17) is 9.47 Å². The maximum Gasteiger partial charge on any atom is 0.354 e. The van der Waals surface area contributed by atoms with Gasteiger partial charge in [0.1, 0.15) is 23.9 Å². The molecule has 282 valence electrons. The molecule has 2 N–H and O–H groups in total. The van der Waals surface area contributed by atoms with E-state index in [0.717, 1.165) is 58.4 Å². The number of ether oxygens (including phenoxy) is 2. The van der Waals surface area contributed by atoms with Crippen LogP contribution in [0, 0.1) is 11.3 Å². The summed E-state index contributed by atoms with van der Waals surface area (Å²) in [4.78, 5) is 39.5. The van der Waals surface area contributed by atoms with Gasteiger partial charge in [-0.15, -0.1) is 0 Å². The van der Waals surface area contributed by atoms with Crippen molar-refractivity contribution in [1.29, 1.82) is 0 Å². The molecule has 0 bridgehead atoms. The molecule has 54 heavy (non-hydrogen) atoms. The van der Waals surface area contributed by atoms with Crippen LogP contribution in [-0.4, -0.2) is 71.2 Å². The third-order valence-corrected chi connectivity index (χ3v) is 11.1. The number of aromatic carboxylic acids is 1. The van der Waals surface area contributed by atoms with E-state index in [9.17, 15) is 14.7 Å². The van der Waals surface area contributed by atoms with Gasteiger partial charge >= 0.3 is 5.97 Å². The number of hydrogen-bond donors (Lipinski definition) is 2. The van der Waals surface area contributed by atoms with Gasteiger partial charge in [0.15, 0.2) is 10.8 Å². The number of nitrogens with zero attached hydrogens (tertiary/aromatic N) is 4. The summed E-state index contributed by atoms with van der Waals surface area (Å²) in [7, 11) is 0. The van der Waals surface area contributed by atoms with E-state index in [1.54, 1.807) is 0 Å². The third-order valence-electron chi connectivity index (χ3n) is 10.2. The van der Waals surface area contributed by atoms with Crippen molar-refractivity contribution >= 4 is 44.4 Å². The van der Waals surface area contributed by atoms with Gasteiger partial charge in [-0.2, -0.15) is 0 Å². The number of carbonyl (C=O) groups excluding carboxylic acids is 1. The summed E-state index contributed by atoms with van der Waals surface area (Å²) in [5, 5.41) is 13.6. The zero-order valence-electron chi connectivity index (χ0n) is 31.3. The zero-order valence-corrected chi connectivity index (χ0v) is 32.2. The molecule has 1 unspecified atom stereocenters. The molecule has 0 spiro atoms. The summed E-state index contributed by atoms with van der Waals surface area (Å²) < 4.78 is 13.0. The number of benzene rings is 3. The molecule has 10 nitrogen and oxygen atoms in total. The quantitative estimate of drug-likeness (QED) is 0.108. The third kappa shape index (κ3) is 9.37. The highest BCUT2D eigenvalue weighted by atomic mass is 32.1. The van der Waals surface area contributed by atoms with E-state index in [1.165, 1.54) is 24.2 Å². The number of fused-ring (bicyclic) bond motifs is 2. The summed E-state index contributed by atoms with van der Waals surface area (Å²) in [6.07, 6.45) is 4.40. The van der Waals surface area contributed by atoms with Crippen molar-refractivity contribution in [3.8, 4) is 11.5 Å². The molecular weight excluding hydrogens is 699 g/mol. The highest BCUT2D eigenvalue weighted by Crippen LogP contribution is 2.31. The lowest BCUT2D eigenvalue weighted by molar-refractivity contribution is 0.0688. The Morgan fingerprint density at radius 3 is 2.46 bits per heavy atom. The first-order valence-electron chi connectivity index (χ1n) is 18.9. The Labute approximate surface area is 321 Å². The molecule has 11 heteroatoms. The average molecular weight is 748 g/mol. The molecule has 1 atom stereocenters. The second-order valence-corrected chi connectivity index (χ2v) is 16.6. The normalized spacial score (nSPS) is 16.0. The van der Waals surface area contributed by atoms with E-state index in [1.807, 2.05) is 83.8 Å². The molecule has 5 aromatic rings. The van der Waals surface area contributed by atoms with Gasteiger partial charge < -0.3 is 19.5 Å². The maximum absolute atomic E-state index is 13.5. The highest BCUT2D eigenvalue weighted by Gasteiger charge is 2.27. The highest BCUT2D eigenvalue weighted by molar-refractivity contribution is 7.22. The number of aromatic nitrogens is 2. The number of para-hydroxylation sites is 1. The molecule has 7 rings (SSSR count). The van der Waals surface area contributed by atoms with Crippen LogP contribution in [0.2, 0.25) is 0 Å². The van der Waals surface area contributed by atoms with Gasteiger partial charge in [-0.3, -0.25) is 15.0 Å². The lowest BCUT2D eigenvalue weighted by atomic mass is 9.84. The molecule has 1 saturated heterocycles. The SMILES string of the molecule is CC(C)(C)CC1CCN(CCOc2ccc(OCCCc3ccc(N4CCc5cccc(C(=O)Nc6nc7ccccc7s6)c5C4)nc3C(=O)O)cc2)C1. The summed E-state index contributed by atoms with van der Waals surface area (Å²) >= 11 is 1.44. The standard InChI is InChI=1S/C43H49N5O5S/c1-43(2,3)26-29-19-21-47(27-29)23-25-53-33-16-14-32(15-17-33)52-24-7-9-31-13-18-38(45-39(31)41(50)51)48-22-20-30-8-6-10-34(35(30)28-48)40(49)46-42-44-36-11-4-5-12-37(36)54-42/h4-6,8,10-18,29H,7,9,19-28H2,1-3H3,(H,50,51)(H,44,46,49). The van der Waals surface area contributed by atoms with Crippen molar-refractivity contribution in [1.82, 2.24) is 14.9 Å². The lowest BCUT2D eigenvalue weighted by Gasteiger charge is -2.31. The summed E-state index contributed by atoms with van der Waals surface area (Å²) in [5.41, 5.74) is 4.52. The first kappa shape index (κ1) is 37.3. The predicted octanol–water partition coefficient (Wildman–Crippen LogP) is 8.35. The van der Waals surface area contributed by atoms with Crippen molar-refractivity contribution in [2.45, 2.75) is 59.4 Å². The Morgan fingerprint density at radius 2 is 1.70 bits per heavy atom. The molecule has 0 saturated carbocycles. The van der Waals surface area contributed by atoms with Crippen LogP contribution in [-0.2, 0) is 19.4 Å². The van der Waals surface area contributed by atoms with Crippen LogP contribution in [0.4, 0.5) is 10.9 Å². The molecule has 2 aromatic heterocycles. The van der Waals surface area contributed by atoms with Crippen LogP contribution >= 0.6 is 11.3 Å². The van der Waals surface area contributed by atoms with Crippen LogP contribution in [0.1, 0.15) is 77.6 Å². The minimum atomic E-state index is -1.06. The molecule has 1 amide bonds. The minimum absolute atomic E-state index is 0.0420. The van der Waals surface area contributed by atoms with Gasteiger partial charge in [0.05, 0.1) is 16.8 Å². The van der Waals surface area contributed by atoms with E-state index >= 15 is 0 Å². The monoisotopic (exact) mass is 747 g/mol. The number of carboxylic acids is 1. The number of rotatable bonds is 14. The smallest absolute Gasteiger partial charge is 0.354 e. The summed E-state index contributed by atoms with van der Waals surface area (Å²) in [6, 6.07) is 25.0. The van der Waals surface area contributed by atoms with Gasteiger partial charge in [-0.05, 0) is 115 Å². The number of likely N-dealkylation sites (tertiary alicyclic amines) is 1. The topological polar surface area (TPSA) is 117 Å². The fourth-order valence-electron chi connectivity index (χ4n) is 7.65. The average Bonchev–Trinajstić information content (AvgIpc) is 3.78. The van der Waals surface area contributed by atoms with Crippen molar-refractivity contribution in [3.05, 3.63) is 107 Å². The Balaban J connectivity index is 0.896. The number of thiazole rings is 1. The van der Waals surface area contributed by atoms with Crippen molar-refractivity contribution in [3.63, 3.8) is 0 Å².